The van der Waals surface area contributed by atoms with Crippen molar-refractivity contribution >= 4 is 34.8 Å². The van der Waals surface area contributed by atoms with Crippen LogP contribution in [0.15, 0.2) is 12.1 Å². The van der Waals surface area contributed by atoms with Gasteiger partial charge in [-0.25, -0.2) is 4.39 Å². The topological polar surface area (TPSA) is 41.1 Å². The highest BCUT2D eigenvalue weighted by atomic mass is 35.5. The van der Waals surface area contributed by atoms with Gasteiger partial charge in [0, 0.05) is 11.7 Å². The van der Waals surface area contributed by atoms with Crippen LogP contribution in [0, 0.1) is 5.82 Å². The highest BCUT2D eigenvalue weighted by Gasteiger charge is 2.08. The Morgan fingerprint density at radius 2 is 1.88 bits per heavy atom. The molecule has 17 heavy (non-hydrogen) atoms. The molecule has 0 fully saturated rings. The number of hydrogen-bond acceptors (Lipinski definition) is 2. The fourth-order valence-corrected chi connectivity index (χ4v) is 1.70. The van der Waals surface area contributed by atoms with E-state index in [0.29, 0.717) is 5.69 Å². The average molecular weight is 279 g/mol. The molecule has 0 bridgehead atoms. The van der Waals surface area contributed by atoms with Crippen LogP contribution < -0.4 is 10.6 Å². The smallest absolute Gasteiger partial charge is 0.239 e. The Hall–Kier alpha value is -1.00. The van der Waals surface area contributed by atoms with Crippen LogP contribution in [0.1, 0.15) is 13.8 Å². The Kier molecular flexibility index (Phi) is 5.02. The van der Waals surface area contributed by atoms with Crippen LogP contribution in [0.4, 0.5) is 10.1 Å². The quantitative estimate of drug-likeness (QED) is 0.832. The standard InChI is InChI=1S/C11H13Cl2FN2O/c1-6(2)16-10(17)5-15-7-3-8(12)11(14)9(13)4-7/h3-4,6,15H,5H2,1-2H3,(H,16,17). The molecule has 0 saturated carbocycles. The minimum Gasteiger partial charge on any atom is -0.376 e. The van der Waals surface area contributed by atoms with Gasteiger partial charge in [-0.1, -0.05) is 23.2 Å². The summed E-state index contributed by atoms with van der Waals surface area (Å²) in [6.07, 6.45) is 0. The summed E-state index contributed by atoms with van der Waals surface area (Å²) in [7, 11) is 0. The SMILES string of the molecule is CC(C)NC(=O)CNc1cc(Cl)c(F)c(Cl)c1. The van der Waals surface area contributed by atoms with Gasteiger partial charge in [-0.2, -0.15) is 0 Å². The molecule has 1 aromatic rings. The molecule has 0 heterocycles. The van der Waals surface area contributed by atoms with E-state index in [-0.39, 0.29) is 28.5 Å². The zero-order valence-electron chi connectivity index (χ0n) is 9.48. The van der Waals surface area contributed by atoms with Crippen molar-refractivity contribution in [2.45, 2.75) is 19.9 Å². The number of rotatable bonds is 4. The predicted molar refractivity (Wildman–Crippen MR) is 68.2 cm³/mol. The van der Waals surface area contributed by atoms with E-state index in [4.69, 9.17) is 23.2 Å². The minimum atomic E-state index is -0.662. The number of carbonyl (C=O) groups excluding carboxylic acids is 1. The van der Waals surface area contributed by atoms with E-state index in [1.807, 2.05) is 13.8 Å². The third-order valence-corrected chi connectivity index (χ3v) is 2.44. The van der Waals surface area contributed by atoms with Crippen molar-refractivity contribution in [3.63, 3.8) is 0 Å². The molecule has 0 saturated heterocycles. The van der Waals surface area contributed by atoms with Crippen molar-refractivity contribution in [2.24, 2.45) is 0 Å². The molecule has 0 atom stereocenters. The average Bonchev–Trinajstić information content (AvgIpc) is 2.22. The molecule has 3 nitrogen and oxygen atoms in total. The predicted octanol–water partition coefficient (Wildman–Crippen LogP) is 3.07. The van der Waals surface area contributed by atoms with Crippen LogP contribution in [0.2, 0.25) is 10.0 Å². The number of nitrogens with one attached hydrogen (secondary N) is 2. The van der Waals surface area contributed by atoms with Gasteiger partial charge in [0.2, 0.25) is 5.91 Å². The van der Waals surface area contributed by atoms with Crippen LogP contribution in [0.25, 0.3) is 0 Å². The van der Waals surface area contributed by atoms with Crippen molar-refractivity contribution in [3.8, 4) is 0 Å². The lowest BCUT2D eigenvalue weighted by Crippen LogP contribution is -2.34. The first-order chi connectivity index (χ1) is 7.90. The van der Waals surface area contributed by atoms with Gasteiger partial charge in [0.25, 0.3) is 0 Å². The lowest BCUT2D eigenvalue weighted by molar-refractivity contribution is -0.119. The Labute approximate surface area is 109 Å². The van der Waals surface area contributed by atoms with Gasteiger partial charge in [0.15, 0.2) is 5.82 Å². The first kappa shape index (κ1) is 14.1. The van der Waals surface area contributed by atoms with Gasteiger partial charge in [-0.05, 0) is 26.0 Å². The number of anilines is 1. The second-order valence-corrected chi connectivity index (χ2v) is 4.64. The molecule has 6 heteroatoms. The number of carbonyl (C=O) groups is 1. The lowest BCUT2D eigenvalue weighted by Gasteiger charge is -2.10. The van der Waals surface area contributed by atoms with Crippen molar-refractivity contribution in [1.82, 2.24) is 5.32 Å². The fourth-order valence-electron chi connectivity index (χ4n) is 1.21. The van der Waals surface area contributed by atoms with E-state index < -0.39 is 5.82 Å². The third-order valence-electron chi connectivity index (χ3n) is 1.89. The maximum absolute atomic E-state index is 13.1. The molecule has 0 unspecified atom stereocenters. The van der Waals surface area contributed by atoms with Crippen molar-refractivity contribution < 1.29 is 9.18 Å². The van der Waals surface area contributed by atoms with Gasteiger partial charge in [0.1, 0.15) is 0 Å². The van der Waals surface area contributed by atoms with E-state index in [1.54, 1.807) is 0 Å². The van der Waals surface area contributed by atoms with Gasteiger partial charge >= 0.3 is 0 Å². The number of amides is 1. The minimum absolute atomic E-state index is 0.0738. The van der Waals surface area contributed by atoms with E-state index in [9.17, 15) is 9.18 Å². The number of halogens is 3. The Balaban J connectivity index is 2.61. The summed E-state index contributed by atoms with van der Waals surface area (Å²) in [6, 6.07) is 2.83. The summed E-state index contributed by atoms with van der Waals surface area (Å²) in [5.74, 6) is -0.818. The molecule has 94 valence electrons. The molecule has 0 aliphatic heterocycles. The molecule has 0 aliphatic rings. The summed E-state index contributed by atoms with van der Waals surface area (Å²) in [5, 5.41) is 5.36. The van der Waals surface area contributed by atoms with E-state index >= 15 is 0 Å². The summed E-state index contributed by atoms with van der Waals surface area (Å²) in [5.41, 5.74) is 0.500. The highest BCUT2D eigenvalue weighted by Crippen LogP contribution is 2.27. The molecule has 0 aliphatic carbocycles. The summed E-state index contributed by atoms with van der Waals surface area (Å²) in [6.45, 7) is 3.81. The fraction of sp³-hybridized carbons (Fsp3) is 0.364. The zero-order valence-corrected chi connectivity index (χ0v) is 11.0. The molecule has 0 aromatic heterocycles. The summed E-state index contributed by atoms with van der Waals surface area (Å²) < 4.78 is 13.1. The van der Waals surface area contributed by atoms with Crippen molar-refractivity contribution in [2.75, 3.05) is 11.9 Å². The van der Waals surface area contributed by atoms with E-state index in [0.717, 1.165) is 0 Å². The maximum atomic E-state index is 13.1. The van der Waals surface area contributed by atoms with Crippen LogP contribution >= 0.6 is 23.2 Å². The van der Waals surface area contributed by atoms with Crippen molar-refractivity contribution in [1.29, 1.82) is 0 Å². The lowest BCUT2D eigenvalue weighted by atomic mass is 10.3. The highest BCUT2D eigenvalue weighted by molar-refractivity contribution is 6.35. The normalized spacial score (nSPS) is 10.5. The van der Waals surface area contributed by atoms with Gasteiger partial charge < -0.3 is 10.6 Å². The van der Waals surface area contributed by atoms with Gasteiger partial charge in [0.05, 0.1) is 16.6 Å². The number of benzene rings is 1. The monoisotopic (exact) mass is 278 g/mol. The van der Waals surface area contributed by atoms with E-state index in [1.165, 1.54) is 12.1 Å². The summed E-state index contributed by atoms with van der Waals surface area (Å²) in [4.78, 5) is 11.3. The van der Waals surface area contributed by atoms with Crippen molar-refractivity contribution in [3.05, 3.63) is 28.0 Å². The van der Waals surface area contributed by atoms with Gasteiger partial charge in [-0.15, -0.1) is 0 Å². The number of hydrogen-bond donors (Lipinski definition) is 2. The van der Waals surface area contributed by atoms with Crippen LogP contribution in [-0.4, -0.2) is 18.5 Å². The molecular formula is C11H13Cl2FN2O. The Bertz CT molecular complexity index is 401. The van der Waals surface area contributed by atoms with Crippen LogP contribution in [0.3, 0.4) is 0 Å². The molecular weight excluding hydrogens is 266 g/mol. The molecule has 1 aromatic carbocycles. The Morgan fingerprint density at radius 3 is 2.35 bits per heavy atom. The molecule has 1 rings (SSSR count). The van der Waals surface area contributed by atoms with E-state index in [2.05, 4.69) is 10.6 Å². The molecule has 2 N–H and O–H groups in total. The van der Waals surface area contributed by atoms with Crippen LogP contribution in [-0.2, 0) is 4.79 Å². The zero-order chi connectivity index (χ0) is 13.0. The first-order valence-corrected chi connectivity index (χ1v) is 5.83. The van der Waals surface area contributed by atoms with Crippen LogP contribution in [0.5, 0.6) is 0 Å². The first-order valence-electron chi connectivity index (χ1n) is 5.08. The molecule has 1 amide bonds. The second-order valence-electron chi connectivity index (χ2n) is 3.83. The Morgan fingerprint density at radius 1 is 1.35 bits per heavy atom. The third kappa shape index (κ3) is 4.40. The largest absolute Gasteiger partial charge is 0.376 e. The second kappa shape index (κ2) is 6.07. The molecule has 0 spiro atoms. The van der Waals surface area contributed by atoms with Gasteiger partial charge in [-0.3, -0.25) is 4.79 Å². The maximum Gasteiger partial charge on any atom is 0.239 e. The summed E-state index contributed by atoms with van der Waals surface area (Å²) >= 11 is 11.2. The molecule has 0 radical (unpaired) electrons.